The van der Waals surface area contributed by atoms with E-state index >= 15 is 0 Å². The van der Waals surface area contributed by atoms with Crippen molar-refractivity contribution in [3.05, 3.63) is 50.7 Å². The summed E-state index contributed by atoms with van der Waals surface area (Å²) in [4.78, 5) is 41.5. The zero-order valence-corrected chi connectivity index (χ0v) is 22.0. The van der Waals surface area contributed by atoms with Crippen LogP contribution in [0.4, 0.5) is 10.2 Å². The predicted molar refractivity (Wildman–Crippen MR) is 134 cm³/mol. The Morgan fingerprint density at radius 2 is 1.92 bits per heavy atom. The molecule has 2 aromatic heterocycles. The summed E-state index contributed by atoms with van der Waals surface area (Å²) in [7, 11) is 0.275. The standard InChI is InChI=1S/C22H24ClFN6O6S/c1-26(2)15(31)11-30(37(4,35)36)20-17-16(19(32)18-22(34)27(3)7-8-28(17)18)21(33)29(25-20)10-12-5-6-14(24)13(23)9-12/h5-6,9,32H,7-8,10-11H2,1-4H3. The molecule has 0 spiro atoms. The van der Waals surface area contributed by atoms with Crippen molar-refractivity contribution >= 4 is 50.2 Å². The lowest BCUT2D eigenvalue weighted by molar-refractivity contribution is -0.127. The molecule has 0 saturated heterocycles. The number of aromatic nitrogens is 3. The minimum absolute atomic E-state index is 0.0932. The number of aromatic hydroxyl groups is 1. The molecule has 3 aromatic rings. The average Bonchev–Trinajstić information content (AvgIpc) is 3.11. The van der Waals surface area contributed by atoms with E-state index in [9.17, 15) is 32.3 Å². The highest BCUT2D eigenvalue weighted by Crippen LogP contribution is 2.37. The van der Waals surface area contributed by atoms with E-state index in [0.717, 1.165) is 21.3 Å². The van der Waals surface area contributed by atoms with Crippen LogP contribution >= 0.6 is 11.6 Å². The number of likely N-dealkylation sites (N-methyl/N-ethyl adjacent to an activating group) is 2. The van der Waals surface area contributed by atoms with E-state index in [4.69, 9.17) is 11.6 Å². The zero-order chi connectivity index (χ0) is 27.4. The fourth-order valence-electron chi connectivity index (χ4n) is 4.05. The number of fused-ring (bicyclic) bond motifs is 3. The Kier molecular flexibility index (Phi) is 6.67. The lowest BCUT2D eigenvalue weighted by Gasteiger charge is -2.27. The smallest absolute Gasteiger partial charge is 0.280 e. The van der Waals surface area contributed by atoms with Gasteiger partial charge in [-0.15, -0.1) is 5.10 Å². The molecule has 37 heavy (non-hydrogen) atoms. The summed E-state index contributed by atoms with van der Waals surface area (Å²) in [5, 5.41) is 14.8. The number of nitrogens with zero attached hydrogens (tertiary/aromatic N) is 6. The Morgan fingerprint density at radius 3 is 2.51 bits per heavy atom. The van der Waals surface area contributed by atoms with Gasteiger partial charge >= 0.3 is 0 Å². The van der Waals surface area contributed by atoms with Crippen LogP contribution in [0.25, 0.3) is 10.9 Å². The van der Waals surface area contributed by atoms with E-state index in [2.05, 4.69) is 5.10 Å². The average molecular weight is 555 g/mol. The largest absolute Gasteiger partial charge is 0.505 e. The Hall–Kier alpha value is -3.65. The first-order valence-corrected chi connectivity index (χ1v) is 13.2. The third-order valence-electron chi connectivity index (χ3n) is 6.05. The van der Waals surface area contributed by atoms with E-state index in [-0.39, 0.29) is 47.1 Å². The van der Waals surface area contributed by atoms with E-state index in [1.165, 1.54) is 47.6 Å². The van der Waals surface area contributed by atoms with Gasteiger partial charge in [0.15, 0.2) is 17.3 Å². The van der Waals surface area contributed by atoms with Crippen molar-refractivity contribution in [2.75, 3.05) is 44.8 Å². The maximum absolute atomic E-state index is 13.7. The molecule has 0 unspecified atom stereocenters. The number of amides is 2. The molecule has 0 atom stereocenters. The van der Waals surface area contributed by atoms with Crippen LogP contribution in [0.1, 0.15) is 16.1 Å². The highest BCUT2D eigenvalue weighted by atomic mass is 35.5. The molecule has 1 N–H and O–H groups in total. The topological polar surface area (TPSA) is 138 Å². The SMILES string of the molecule is CN(C)C(=O)CN(c1nn(Cc2ccc(F)c(Cl)c2)c(=O)c2c(O)c3n(c12)CCN(C)C3=O)S(C)(=O)=O. The number of rotatable bonds is 6. The van der Waals surface area contributed by atoms with Crippen LogP contribution in [0.2, 0.25) is 5.02 Å². The molecule has 12 nitrogen and oxygen atoms in total. The maximum Gasteiger partial charge on any atom is 0.280 e. The molecule has 1 aliphatic heterocycles. The van der Waals surface area contributed by atoms with Gasteiger partial charge in [-0.2, -0.15) is 0 Å². The number of carbonyl (C=O) groups excluding carboxylic acids is 2. The maximum atomic E-state index is 13.7. The van der Waals surface area contributed by atoms with Crippen molar-refractivity contribution in [2.24, 2.45) is 0 Å². The highest BCUT2D eigenvalue weighted by molar-refractivity contribution is 7.92. The summed E-state index contributed by atoms with van der Waals surface area (Å²) in [6, 6.07) is 3.75. The first-order chi connectivity index (χ1) is 17.2. The lowest BCUT2D eigenvalue weighted by Crippen LogP contribution is -2.42. The molecular weight excluding hydrogens is 531 g/mol. The molecule has 198 valence electrons. The Labute approximate surface area is 216 Å². The summed E-state index contributed by atoms with van der Waals surface area (Å²) in [5.74, 6) is -2.77. The van der Waals surface area contributed by atoms with Gasteiger partial charge < -0.3 is 19.5 Å². The van der Waals surface area contributed by atoms with Gasteiger partial charge in [-0.05, 0) is 17.7 Å². The molecular formula is C22H24ClFN6O6S. The Bertz CT molecular complexity index is 1620. The summed E-state index contributed by atoms with van der Waals surface area (Å²) < 4.78 is 42.4. The van der Waals surface area contributed by atoms with Crippen molar-refractivity contribution in [1.29, 1.82) is 0 Å². The van der Waals surface area contributed by atoms with Gasteiger partial charge in [0.05, 0.1) is 17.8 Å². The fraction of sp³-hybridized carbons (Fsp3) is 0.364. The van der Waals surface area contributed by atoms with E-state index in [1.54, 1.807) is 0 Å². The summed E-state index contributed by atoms with van der Waals surface area (Å²) >= 11 is 5.87. The number of carbonyl (C=O) groups is 2. The summed E-state index contributed by atoms with van der Waals surface area (Å²) in [6.07, 6.45) is 0.873. The van der Waals surface area contributed by atoms with Gasteiger partial charge in [0.1, 0.15) is 23.3 Å². The minimum Gasteiger partial charge on any atom is -0.505 e. The normalized spacial score (nSPS) is 13.7. The number of hydrogen-bond acceptors (Lipinski definition) is 7. The van der Waals surface area contributed by atoms with Crippen molar-refractivity contribution in [3.8, 4) is 5.75 Å². The molecule has 0 radical (unpaired) electrons. The third kappa shape index (κ3) is 4.62. The van der Waals surface area contributed by atoms with Crippen molar-refractivity contribution in [2.45, 2.75) is 13.1 Å². The van der Waals surface area contributed by atoms with E-state index < -0.39 is 45.5 Å². The quantitative estimate of drug-likeness (QED) is 0.473. The Balaban J connectivity index is 2.06. The Morgan fingerprint density at radius 1 is 1.24 bits per heavy atom. The van der Waals surface area contributed by atoms with Gasteiger partial charge in [-0.1, -0.05) is 17.7 Å². The predicted octanol–water partition coefficient (Wildman–Crippen LogP) is 0.684. The van der Waals surface area contributed by atoms with E-state index in [0.29, 0.717) is 5.56 Å². The molecule has 0 fully saturated rings. The van der Waals surface area contributed by atoms with Gasteiger partial charge in [0.2, 0.25) is 15.9 Å². The van der Waals surface area contributed by atoms with Crippen LogP contribution in [-0.4, -0.2) is 90.0 Å². The van der Waals surface area contributed by atoms with Crippen molar-refractivity contribution < 1.29 is 27.5 Å². The second-order valence-corrected chi connectivity index (χ2v) is 11.2. The van der Waals surface area contributed by atoms with Gasteiger partial charge in [-0.3, -0.25) is 14.4 Å². The second kappa shape index (κ2) is 9.34. The van der Waals surface area contributed by atoms with Gasteiger partial charge in [-0.25, -0.2) is 21.8 Å². The summed E-state index contributed by atoms with van der Waals surface area (Å²) in [6.45, 7) is -0.556. The molecule has 1 aromatic carbocycles. The first kappa shape index (κ1) is 26.4. The monoisotopic (exact) mass is 554 g/mol. The van der Waals surface area contributed by atoms with Crippen LogP contribution in [0.3, 0.4) is 0 Å². The van der Waals surface area contributed by atoms with Gasteiger partial charge in [0.25, 0.3) is 11.5 Å². The van der Waals surface area contributed by atoms with Crippen LogP contribution in [-0.2, 0) is 27.9 Å². The number of anilines is 1. The highest BCUT2D eigenvalue weighted by Gasteiger charge is 2.36. The number of halogens is 2. The number of sulfonamides is 1. The van der Waals surface area contributed by atoms with Crippen LogP contribution < -0.4 is 9.86 Å². The molecule has 15 heteroatoms. The van der Waals surface area contributed by atoms with Crippen LogP contribution in [0.15, 0.2) is 23.0 Å². The van der Waals surface area contributed by atoms with E-state index in [1.807, 2.05) is 0 Å². The molecule has 2 amide bonds. The first-order valence-electron chi connectivity index (χ1n) is 11.0. The fourth-order valence-corrected chi connectivity index (χ4v) is 5.03. The zero-order valence-electron chi connectivity index (χ0n) is 20.4. The molecule has 3 heterocycles. The molecule has 0 bridgehead atoms. The second-order valence-electron chi connectivity index (χ2n) is 8.89. The minimum atomic E-state index is -4.15. The molecule has 0 saturated carbocycles. The number of benzene rings is 1. The third-order valence-corrected chi connectivity index (χ3v) is 7.44. The molecule has 1 aliphatic rings. The van der Waals surface area contributed by atoms with Crippen LogP contribution in [0.5, 0.6) is 5.75 Å². The van der Waals surface area contributed by atoms with Crippen molar-refractivity contribution in [1.82, 2.24) is 24.1 Å². The molecule has 0 aliphatic carbocycles. The number of hydrogen-bond donors (Lipinski definition) is 1. The van der Waals surface area contributed by atoms with Crippen molar-refractivity contribution in [3.63, 3.8) is 0 Å². The summed E-state index contributed by atoms with van der Waals surface area (Å²) in [5.41, 5.74) is -0.745. The molecule has 4 rings (SSSR count). The van der Waals surface area contributed by atoms with Gasteiger partial charge in [0, 0.05) is 34.2 Å². The lowest BCUT2D eigenvalue weighted by atomic mass is 10.2. The van der Waals surface area contributed by atoms with Crippen LogP contribution in [0, 0.1) is 5.82 Å².